The third-order valence-electron chi connectivity index (χ3n) is 3.13. The van der Waals surface area contributed by atoms with Crippen LogP contribution in [0.3, 0.4) is 0 Å². The van der Waals surface area contributed by atoms with Crippen molar-refractivity contribution in [2.24, 2.45) is 0 Å². The molecule has 0 amide bonds. The number of nitrogen functional groups attached to an aromatic ring is 1. The SMILES string of the molecule is CCc1ccc(N)cc1S(=O)(=O)Nc1cc(C)ccc1Cl. The highest BCUT2D eigenvalue weighted by molar-refractivity contribution is 7.92. The summed E-state index contributed by atoms with van der Waals surface area (Å²) in [7, 11) is -3.73. The van der Waals surface area contributed by atoms with Crippen LogP contribution in [-0.4, -0.2) is 8.42 Å². The first kappa shape index (κ1) is 15.7. The molecular formula is C15H17ClN2O2S. The Morgan fingerprint density at radius 1 is 1.19 bits per heavy atom. The number of rotatable bonds is 4. The van der Waals surface area contributed by atoms with E-state index in [2.05, 4.69) is 4.72 Å². The molecule has 2 aromatic rings. The molecule has 0 aliphatic heterocycles. The Morgan fingerprint density at radius 2 is 1.90 bits per heavy atom. The molecular weight excluding hydrogens is 308 g/mol. The van der Waals surface area contributed by atoms with E-state index < -0.39 is 10.0 Å². The lowest BCUT2D eigenvalue weighted by Gasteiger charge is -2.13. The zero-order valence-electron chi connectivity index (χ0n) is 11.9. The summed E-state index contributed by atoms with van der Waals surface area (Å²) in [5, 5.41) is 0.353. The van der Waals surface area contributed by atoms with Gasteiger partial charge in [0.1, 0.15) is 0 Å². The number of nitrogens with two attached hydrogens (primary N) is 1. The van der Waals surface area contributed by atoms with Crippen LogP contribution in [-0.2, 0) is 16.4 Å². The van der Waals surface area contributed by atoms with Gasteiger partial charge in [-0.2, -0.15) is 0 Å². The van der Waals surface area contributed by atoms with Crippen LogP contribution < -0.4 is 10.5 Å². The average molecular weight is 325 g/mol. The van der Waals surface area contributed by atoms with E-state index in [1.165, 1.54) is 6.07 Å². The lowest BCUT2D eigenvalue weighted by molar-refractivity contribution is 0.600. The molecule has 2 aromatic carbocycles. The first-order valence-electron chi connectivity index (χ1n) is 6.51. The molecule has 0 unspecified atom stereocenters. The molecule has 112 valence electrons. The van der Waals surface area contributed by atoms with E-state index in [9.17, 15) is 8.42 Å². The lowest BCUT2D eigenvalue weighted by Crippen LogP contribution is -2.15. The van der Waals surface area contributed by atoms with Crippen molar-refractivity contribution in [1.82, 2.24) is 0 Å². The van der Waals surface area contributed by atoms with Crippen molar-refractivity contribution in [1.29, 1.82) is 0 Å². The van der Waals surface area contributed by atoms with Crippen LogP contribution in [0.5, 0.6) is 0 Å². The number of anilines is 2. The average Bonchev–Trinajstić information content (AvgIpc) is 2.42. The van der Waals surface area contributed by atoms with E-state index in [1.54, 1.807) is 24.3 Å². The molecule has 4 nitrogen and oxygen atoms in total. The van der Waals surface area contributed by atoms with Crippen LogP contribution in [0.4, 0.5) is 11.4 Å². The zero-order valence-corrected chi connectivity index (χ0v) is 13.4. The summed E-state index contributed by atoms with van der Waals surface area (Å²) in [6, 6.07) is 10.1. The third-order valence-corrected chi connectivity index (χ3v) is 4.91. The molecule has 0 saturated carbocycles. The van der Waals surface area contributed by atoms with E-state index in [-0.39, 0.29) is 4.90 Å². The lowest BCUT2D eigenvalue weighted by atomic mass is 10.1. The van der Waals surface area contributed by atoms with E-state index in [1.807, 2.05) is 19.9 Å². The molecule has 21 heavy (non-hydrogen) atoms. The van der Waals surface area contributed by atoms with Crippen molar-refractivity contribution in [3.63, 3.8) is 0 Å². The first-order valence-corrected chi connectivity index (χ1v) is 8.37. The van der Waals surface area contributed by atoms with Gasteiger partial charge in [0.15, 0.2) is 0 Å². The van der Waals surface area contributed by atoms with Crippen LogP contribution in [0.2, 0.25) is 5.02 Å². The van der Waals surface area contributed by atoms with Gasteiger partial charge in [-0.3, -0.25) is 4.72 Å². The number of aryl methyl sites for hydroxylation is 2. The Morgan fingerprint density at radius 3 is 2.57 bits per heavy atom. The highest BCUT2D eigenvalue weighted by Gasteiger charge is 2.19. The van der Waals surface area contributed by atoms with Crippen molar-refractivity contribution >= 4 is 33.0 Å². The number of hydrogen-bond donors (Lipinski definition) is 2. The molecule has 0 aliphatic carbocycles. The maximum Gasteiger partial charge on any atom is 0.262 e. The molecule has 0 fully saturated rings. The highest BCUT2D eigenvalue weighted by Crippen LogP contribution is 2.27. The fourth-order valence-electron chi connectivity index (χ4n) is 2.03. The Bertz CT molecular complexity index is 773. The van der Waals surface area contributed by atoms with E-state index in [0.717, 1.165) is 5.56 Å². The van der Waals surface area contributed by atoms with Gasteiger partial charge in [0.2, 0.25) is 0 Å². The Labute approximate surface area is 130 Å². The summed E-state index contributed by atoms with van der Waals surface area (Å²) in [4.78, 5) is 0.183. The van der Waals surface area contributed by atoms with Crippen molar-refractivity contribution in [3.8, 4) is 0 Å². The summed E-state index contributed by atoms with van der Waals surface area (Å²) in [6.07, 6.45) is 0.595. The molecule has 0 spiro atoms. The molecule has 0 saturated heterocycles. The van der Waals surface area contributed by atoms with Gasteiger partial charge in [0, 0.05) is 5.69 Å². The molecule has 6 heteroatoms. The largest absolute Gasteiger partial charge is 0.399 e. The quantitative estimate of drug-likeness (QED) is 0.844. The van der Waals surface area contributed by atoms with Gasteiger partial charge in [0.05, 0.1) is 15.6 Å². The maximum absolute atomic E-state index is 12.6. The number of hydrogen-bond acceptors (Lipinski definition) is 3. The smallest absolute Gasteiger partial charge is 0.262 e. The highest BCUT2D eigenvalue weighted by atomic mass is 35.5. The number of nitrogens with one attached hydrogen (secondary N) is 1. The topological polar surface area (TPSA) is 72.2 Å². The molecule has 0 radical (unpaired) electrons. The minimum Gasteiger partial charge on any atom is -0.399 e. The number of benzene rings is 2. The van der Waals surface area contributed by atoms with Crippen LogP contribution in [0.25, 0.3) is 0 Å². The van der Waals surface area contributed by atoms with Gasteiger partial charge in [-0.05, 0) is 48.7 Å². The Balaban J connectivity index is 2.48. The van der Waals surface area contributed by atoms with Gasteiger partial charge in [-0.25, -0.2) is 8.42 Å². The van der Waals surface area contributed by atoms with Crippen LogP contribution in [0, 0.1) is 6.92 Å². The number of halogens is 1. The predicted octanol–water partition coefficient (Wildman–Crippen LogP) is 3.59. The molecule has 2 rings (SSSR count). The van der Waals surface area contributed by atoms with Crippen LogP contribution in [0.15, 0.2) is 41.3 Å². The molecule has 0 aromatic heterocycles. The second kappa shape index (κ2) is 5.95. The monoisotopic (exact) mass is 324 g/mol. The molecule has 0 heterocycles. The third kappa shape index (κ3) is 3.49. The summed E-state index contributed by atoms with van der Waals surface area (Å²) in [5.41, 5.74) is 8.10. The van der Waals surface area contributed by atoms with Crippen LogP contribution >= 0.6 is 11.6 Å². The van der Waals surface area contributed by atoms with E-state index in [4.69, 9.17) is 17.3 Å². The first-order chi connectivity index (χ1) is 9.83. The number of sulfonamides is 1. The van der Waals surface area contributed by atoms with E-state index in [0.29, 0.717) is 28.4 Å². The molecule has 0 atom stereocenters. The van der Waals surface area contributed by atoms with Gasteiger partial charge in [-0.1, -0.05) is 30.7 Å². The van der Waals surface area contributed by atoms with Crippen molar-refractivity contribution in [2.45, 2.75) is 25.2 Å². The van der Waals surface area contributed by atoms with Gasteiger partial charge < -0.3 is 5.73 Å². The second-order valence-corrected chi connectivity index (χ2v) is 6.87. The van der Waals surface area contributed by atoms with Crippen LogP contribution in [0.1, 0.15) is 18.1 Å². The predicted molar refractivity (Wildman–Crippen MR) is 87.2 cm³/mol. The standard InChI is InChI=1S/C15H17ClN2O2S/c1-3-11-5-6-12(17)9-15(11)21(19,20)18-14-8-10(2)4-7-13(14)16/h4-9,18H,3,17H2,1-2H3. The minimum absolute atomic E-state index is 0.183. The zero-order chi connectivity index (χ0) is 15.6. The normalized spacial score (nSPS) is 11.4. The van der Waals surface area contributed by atoms with Gasteiger partial charge >= 0.3 is 0 Å². The summed E-state index contributed by atoms with van der Waals surface area (Å²) < 4.78 is 27.7. The molecule has 0 bridgehead atoms. The van der Waals surface area contributed by atoms with Gasteiger partial charge in [-0.15, -0.1) is 0 Å². The van der Waals surface area contributed by atoms with Crippen molar-refractivity contribution in [3.05, 3.63) is 52.5 Å². The fraction of sp³-hybridized carbons (Fsp3) is 0.200. The van der Waals surface area contributed by atoms with E-state index >= 15 is 0 Å². The summed E-state index contributed by atoms with van der Waals surface area (Å²) >= 11 is 6.04. The minimum atomic E-state index is -3.73. The Kier molecular flexibility index (Phi) is 4.44. The second-order valence-electron chi connectivity index (χ2n) is 4.81. The van der Waals surface area contributed by atoms with Gasteiger partial charge in [0.25, 0.3) is 10.0 Å². The molecule has 3 N–H and O–H groups in total. The van der Waals surface area contributed by atoms with Crippen molar-refractivity contribution < 1.29 is 8.42 Å². The molecule has 0 aliphatic rings. The summed E-state index contributed by atoms with van der Waals surface area (Å²) in [5.74, 6) is 0. The maximum atomic E-state index is 12.6. The fourth-order valence-corrected chi connectivity index (χ4v) is 3.67. The van der Waals surface area contributed by atoms with Crippen molar-refractivity contribution in [2.75, 3.05) is 10.5 Å². The Hall–Kier alpha value is -1.72. The summed E-state index contributed by atoms with van der Waals surface area (Å²) in [6.45, 7) is 3.76.